The minimum absolute atomic E-state index is 0.729. The summed E-state index contributed by atoms with van der Waals surface area (Å²) < 4.78 is 4.09. The van der Waals surface area contributed by atoms with E-state index in [1.807, 2.05) is 36.3 Å². The lowest BCUT2D eigenvalue weighted by Crippen LogP contribution is -1.98. The lowest BCUT2D eigenvalue weighted by atomic mass is 10.3. The van der Waals surface area contributed by atoms with Gasteiger partial charge in [0.05, 0.1) is 17.2 Å². The molecule has 0 saturated carbocycles. The van der Waals surface area contributed by atoms with E-state index in [1.54, 1.807) is 11.8 Å². The summed E-state index contributed by atoms with van der Waals surface area (Å²) in [4.78, 5) is 4.73. The van der Waals surface area contributed by atoms with E-state index in [0.717, 1.165) is 39.9 Å². The molecule has 0 atom stereocenters. The normalized spacial score (nSPS) is 11.4. The zero-order valence-corrected chi connectivity index (χ0v) is 13.7. The van der Waals surface area contributed by atoms with E-state index in [0.29, 0.717) is 0 Å². The Labute approximate surface area is 133 Å². The number of rotatable bonds is 5. The molecule has 0 saturated heterocycles. The van der Waals surface area contributed by atoms with Crippen molar-refractivity contribution in [3.8, 4) is 0 Å². The molecular weight excluding hydrogens is 304 g/mol. The van der Waals surface area contributed by atoms with Crippen molar-refractivity contribution >= 4 is 34.4 Å². The first-order chi connectivity index (χ1) is 10.2. The molecule has 0 amide bonds. The van der Waals surface area contributed by atoms with Crippen molar-refractivity contribution in [1.82, 2.24) is 19.3 Å². The van der Waals surface area contributed by atoms with E-state index in [1.165, 1.54) is 5.56 Å². The van der Waals surface area contributed by atoms with Crippen LogP contribution in [0.3, 0.4) is 0 Å². The molecule has 0 unspecified atom stereocenters. The number of hydrogen-bond acceptors (Lipinski definition) is 3. The van der Waals surface area contributed by atoms with Gasteiger partial charge in [0.2, 0.25) is 0 Å². The fourth-order valence-corrected chi connectivity index (χ4v) is 3.44. The highest BCUT2D eigenvalue weighted by Crippen LogP contribution is 2.28. The number of halogens is 1. The van der Waals surface area contributed by atoms with Gasteiger partial charge in [-0.25, -0.2) is 4.98 Å². The van der Waals surface area contributed by atoms with E-state index >= 15 is 0 Å². The number of fused-ring (bicyclic) bond motifs is 1. The molecule has 3 aromatic rings. The Balaban J connectivity index is 1.90. The van der Waals surface area contributed by atoms with Crippen molar-refractivity contribution in [3.63, 3.8) is 0 Å². The van der Waals surface area contributed by atoms with Crippen LogP contribution < -0.4 is 0 Å². The van der Waals surface area contributed by atoms with E-state index < -0.39 is 0 Å². The van der Waals surface area contributed by atoms with Crippen LogP contribution >= 0.6 is 23.4 Å². The number of aromatic nitrogens is 4. The number of aryl methyl sites for hydroxylation is 2. The van der Waals surface area contributed by atoms with Crippen LogP contribution in [0.25, 0.3) is 11.0 Å². The van der Waals surface area contributed by atoms with Crippen LogP contribution in [0.2, 0.25) is 5.02 Å². The van der Waals surface area contributed by atoms with Crippen molar-refractivity contribution in [3.05, 3.63) is 41.2 Å². The lowest BCUT2D eigenvalue weighted by Gasteiger charge is -2.06. The molecule has 0 aliphatic carbocycles. The van der Waals surface area contributed by atoms with E-state index in [-0.39, 0.29) is 0 Å². The van der Waals surface area contributed by atoms with E-state index in [4.69, 9.17) is 16.6 Å². The first-order valence-corrected chi connectivity index (χ1v) is 8.30. The third-order valence-corrected chi connectivity index (χ3v) is 4.53. The molecule has 110 valence electrons. The van der Waals surface area contributed by atoms with Gasteiger partial charge in [-0.15, -0.1) is 0 Å². The van der Waals surface area contributed by atoms with Crippen LogP contribution in [0.1, 0.15) is 18.9 Å². The molecule has 0 bridgehead atoms. The Hall–Kier alpha value is -1.46. The summed E-state index contributed by atoms with van der Waals surface area (Å²) >= 11 is 7.81. The van der Waals surface area contributed by atoms with Gasteiger partial charge < -0.3 is 4.57 Å². The molecule has 2 heterocycles. The molecular formula is C15H17ClN4S. The first kappa shape index (κ1) is 14.5. The van der Waals surface area contributed by atoms with E-state index in [9.17, 15) is 0 Å². The standard InChI is InChI=1S/C15H17ClN4S/c1-3-6-20-14-5-4-12(16)7-13(14)18-15(20)21-10-11-8-17-19(2)9-11/h4-5,7-9H,3,6,10H2,1-2H3. The molecule has 2 aromatic heterocycles. The number of nitrogens with zero attached hydrogens (tertiary/aromatic N) is 4. The topological polar surface area (TPSA) is 35.6 Å². The second-order valence-corrected chi connectivity index (χ2v) is 6.37. The minimum Gasteiger partial charge on any atom is -0.319 e. The monoisotopic (exact) mass is 320 g/mol. The zero-order valence-electron chi connectivity index (χ0n) is 12.1. The molecule has 0 radical (unpaired) electrons. The molecule has 4 nitrogen and oxygen atoms in total. The maximum absolute atomic E-state index is 6.07. The van der Waals surface area contributed by atoms with Crippen LogP contribution in [0.15, 0.2) is 35.7 Å². The molecule has 0 aliphatic heterocycles. The zero-order chi connectivity index (χ0) is 14.8. The predicted octanol–water partition coefficient (Wildman–Crippen LogP) is 4.13. The van der Waals surface area contributed by atoms with Gasteiger partial charge in [-0.2, -0.15) is 5.10 Å². The molecule has 0 fully saturated rings. The van der Waals surface area contributed by atoms with Crippen molar-refractivity contribution in [2.45, 2.75) is 30.8 Å². The highest BCUT2D eigenvalue weighted by molar-refractivity contribution is 7.98. The number of thioether (sulfide) groups is 1. The average molecular weight is 321 g/mol. The van der Waals surface area contributed by atoms with Gasteiger partial charge in [0.15, 0.2) is 5.16 Å². The van der Waals surface area contributed by atoms with Gasteiger partial charge in [0, 0.05) is 36.1 Å². The fourth-order valence-electron chi connectivity index (χ4n) is 2.33. The SMILES string of the molecule is CCCn1c(SCc2cnn(C)c2)nc2cc(Cl)ccc21. The fraction of sp³-hybridized carbons (Fsp3) is 0.333. The van der Waals surface area contributed by atoms with E-state index in [2.05, 4.69) is 22.7 Å². The van der Waals surface area contributed by atoms with Gasteiger partial charge in [0.1, 0.15) is 0 Å². The minimum atomic E-state index is 0.729. The van der Waals surface area contributed by atoms with Crippen LogP contribution in [-0.4, -0.2) is 19.3 Å². The number of benzene rings is 1. The van der Waals surface area contributed by atoms with Crippen molar-refractivity contribution in [2.75, 3.05) is 0 Å². The lowest BCUT2D eigenvalue weighted by molar-refractivity contribution is 0.638. The van der Waals surface area contributed by atoms with Crippen LogP contribution in [0.5, 0.6) is 0 Å². The van der Waals surface area contributed by atoms with Crippen LogP contribution in [0, 0.1) is 0 Å². The highest BCUT2D eigenvalue weighted by Gasteiger charge is 2.11. The van der Waals surface area contributed by atoms with Crippen molar-refractivity contribution in [2.24, 2.45) is 7.05 Å². The third kappa shape index (κ3) is 3.09. The largest absolute Gasteiger partial charge is 0.319 e. The molecule has 0 aliphatic rings. The Morgan fingerprint density at radius 2 is 2.19 bits per heavy atom. The Morgan fingerprint density at radius 1 is 1.33 bits per heavy atom. The first-order valence-electron chi connectivity index (χ1n) is 6.93. The van der Waals surface area contributed by atoms with Crippen molar-refractivity contribution in [1.29, 1.82) is 0 Å². The summed E-state index contributed by atoms with van der Waals surface area (Å²) in [7, 11) is 1.93. The summed E-state index contributed by atoms with van der Waals surface area (Å²) in [6.45, 7) is 3.14. The maximum Gasteiger partial charge on any atom is 0.169 e. The van der Waals surface area contributed by atoms with Crippen LogP contribution in [-0.2, 0) is 19.3 Å². The summed E-state index contributed by atoms with van der Waals surface area (Å²) in [5, 5.41) is 5.97. The molecule has 1 aromatic carbocycles. The number of imidazole rings is 1. The Kier molecular flexibility index (Phi) is 4.22. The van der Waals surface area contributed by atoms with Gasteiger partial charge in [-0.05, 0) is 24.6 Å². The number of hydrogen-bond donors (Lipinski definition) is 0. The van der Waals surface area contributed by atoms with Gasteiger partial charge >= 0.3 is 0 Å². The summed E-state index contributed by atoms with van der Waals surface area (Å²) in [6.07, 6.45) is 5.02. The quantitative estimate of drug-likeness (QED) is 0.663. The molecule has 6 heteroatoms. The van der Waals surface area contributed by atoms with Crippen molar-refractivity contribution < 1.29 is 0 Å². The van der Waals surface area contributed by atoms with Crippen LogP contribution in [0.4, 0.5) is 0 Å². The predicted molar refractivity (Wildman–Crippen MR) is 87.8 cm³/mol. The van der Waals surface area contributed by atoms with Gasteiger partial charge in [-0.1, -0.05) is 30.3 Å². The summed E-state index contributed by atoms with van der Waals surface area (Å²) in [5.74, 6) is 0.870. The molecule has 3 rings (SSSR count). The van der Waals surface area contributed by atoms with Gasteiger partial charge in [0.25, 0.3) is 0 Å². The highest BCUT2D eigenvalue weighted by atomic mass is 35.5. The Morgan fingerprint density at radius 3 is 2.90 bits per heavy atom. The second-order valence-electron chi connectivity index (χ2n) is 4.99. The summed E-state index contributed by atoms with van der Waals surface area (Å²) in [6, 6.07) is 5.90. The smallest absolute Gasteiger partial charge is 0.169 e. The summed E-state index contributed by atoms with van der Waals surface area (Å²) in [5.41, 5.74) is 3.32. The Bertz CT molecular complexity index is 762. The average Bonchev–Trinajstić information content (AvgIpc) is 3.01. The maximum atomic E-state index is 6.07. The molecule has 21 heavy (non-hydrogen) atoms. The molecule has 0 spiro atoms. The second kappa shape index (κ2) is 6.12. The molecule has 0 N–H and O–H groups in total. The van der Waals surface area contributed by atoms with Gasteiger partial charge in [-0.3, -0.25) is 4.68 Å². The third-order valence-electron chi connectivity index (χ3n) is 3.25.